The SMILES string of the molecule is COc1ccc(N2CCN(C(=O)CN(c3cc(Cl)ccc3OC)S(=O)(=O)c3ccc(C)c([N+](=O)[O-])c3)CC2)cc1. The summed E-state index contributed by atoms with van der Waals surface area (Å²) in [4.78, 5) is 27.8. The molecule has 13 heteroatoms. The highest BCUT2D eigenvalue weighted by Crippen LogP contribution is 2.36. The minimum atomic E-state index is -4.45. The lowest BCUT2D eigenvalue weighted by atomic mass is 10.2. The minimum absolute atomic E-state index is 0.0449. The van der Waals surface area contributed by atoms with Gasteiger partial charge in [-0.3, -0.25) is 19.2 Å². The highest BCUT2D eigenvalue weighted by molar-refractivity contribution is 7.92. The molecular weight excluding hydrogens is 560 g/mol. The van der Waals surface area contributed by atoms with Crippen molar-refractivity contribution in [3.8, 4) is 11.5 Å². The zero-order valence-electron chi connectivity index (χ0n) is 22.2. The van der Waals surface area contributed by atoms with Crippen LogP contribution in [0.4, 0.5) is 17.1 Å². The molecule has 3 aromatic rings. The minimum Gasteiger partial charge on any atom is -0.497 e. The Kier molecular flexibility index (Phi) is 8.70. The van der Waals surface area contributed by atoms with Gasteiger partial charge in [-0.15, -0.1) is 0 Å². The van der Waals surface area contributed by atoms with Crippen molar-refractivity contribution in [3.05, 3.63) is 81.4 Å². The van der Waals surface area contributed by atoms with Gasteiger partial charge in [0, 0.05) is 48.5 Å². The molecule has 4 rings (SSSR count). The Hall–Kier alpha value is -4.03. The van der Waals surface area contributed by atoms with E-state index < -0.39 is 27.4 Å². The maximum atomic E-state index is 13.9. The Balaban J connectivity index is 1.62. The molecule has 1 aliphatic rings. The number of methoxy groups -OCH3 is 2. The Morgan fingerprint density at radius 1 is 1.00 bits per heavy atom. The summed E-state index contributed by atoms with van der Waals surface area (Å²) in [6.45, 7) is 2.82. The first-order valence-corrected chi connectivity index (χ1v) is 14.1. The van der Waals surface area contributed by atoms with E-state index in [9.17, 15) is 23.3 Å². The fraction of sp³-hybridized carbons (Fsp3) is 0.296. The molecule has 1 aliphatic heterocycles. The lowest BCUT2D eigenvalue weighted by Crippen LogP contribution is -2.52. The van der Waals surface area contributed by atoms with Crippen LogP contribution in [0.1, 0.15) is 5.56 Å². The van der Waals surface area contributed by atoms with Crippen LogP contribution < -0.4 is 18.7 Å². The largest absolute Gasteiger partial charge is 0.497 e. The molecule has 212 valence electrons. The number of piperazine rings is 1. The fourth-order valence-electron chi connectivity index (χ4n) is 4.46. The quantitative estimate of drug-likeness (QED) is 0.270. The van der Waals surface area contributed by atoms with Crippen molar-refractivity contribution in [2.45, 2.75) is 11.8 Å². The first-order chi connectivity index (χ1) is 19.0. The van der Waals surface area contributed by atoms with Crippen LogP contribution in [-0.4, -0.2) is 71.1 Å². The first-order valence-electron chi connectivity index (χ1n) is 12.3. The molecule has 0 aromatic heterocycles. The molecule has 3 aromatic carbocycles. The number of amides is 1. The van der Waals surface area contributed by atoms with E-state index in [0.29, 0.717) is 31.7 Å². The van der Waals surface area contributed by atoms with E-state index in [1.807, 2.05) is 24.3 Å². The van der Waals surface area contributed by atoms with Crippen molar-refractivity contribution in [2.75, 3.05) is 56.1 Å². The number of nitro benzene ring substituents is 1. The molecule has 0 unspecified atom stereocenters. The molecule has 0 atom stereocenters. The molecule has 0 spiro atoms. The van der Waals surface area contributed by atoms with Gasteiger partial charge in [-0.1, -0.05) is 17.7 Å². The molecule has 0 bridgehead atoms. The van der Waals surface area contributed by atoms with Gasteiger partial charge in [-0.25, -0.2) is 8.42 Å². The number of carbonyl (C=O) groups is 1. The van der Waals surface area contributed by atoms with Crippen LogP contribution in [-0.2, 0) is 14.8 Å². The third-order valence-electron chi connectivity index (χ3n) is 6.72. The monoisotopic (exact) mass is 588 g/mol. The Labute approximate surface area is 237 Å². The highest BCUT2D eigenvalue weighted by atomic mass is 35.5. The molecule has 0 saturated carbocycles. The molecule has 1 amide bonds. The standard InChI is InChI=1S/C27H29ClN4O7S/c1-19-4-10-23(17-24(19)32(34)35)40(36,37)31(25-16-20(28)5-11-26(25)39-3)18-27(33)30-14-12-29(13-15-30)21-6-8-22(38-2)9-7-21/h4-11,16-17H,12-15,18H2,1-3H3. The number of aryl methyl sites for hydroxylation is 1. The maximum absolute atomic E-state index is 13.9. The van der Waals surface area contributed by atoms with Crippen molar-refractivity contribution in [1.29, 1.82) is 0 Å². The molecule has 1 heterocycles. The van der Waals surface area contributed by atoms with Gasteiger partial charge < -0.3 is 19.3 Å². The number of nitro groups is 1. The van der Waals surface area contributed by atoms with Crippen LogP contribution in [0, 0.1) is 17.0 Å². The number of rotatable bonds is 9. The molecule has 1 saturated heterocycles. The van der Waals surface area contributed by atoms with Crippen LogP contribution in [0.25, 0.3) is 0 Å². The lowest BCUT2D eigenvalue weighted by Gasteiger charge is -2.37. The van der Waals surface area contributed by atoms with Gasteiger partial charge in [0.2, 0.25) is 5.91 Å². The summed E-state index contributed by atoms with van der Waals surface area (Å²) in [5.41, 5.74) is 0.992. The predicted molar refractivity (Wildman–Crippen MR) is 152 cm³/mol. The summed E-state index contributed by atoms with van der Waals surface area (Å²) >= 11 is 6.20. The summed E-state index contributed by atoms with van der Waals surface area (Å²) in [5, 5.41) is 11.7. The number of nitrogens with zero attached hydrogens (tertiary/aromatic N) is 4. The van der Waals surface area contributed by atoms with E-state index in [1.54, 1.807) is 12.0 Å². The van der Waals surface area contributed by atoms with E-state index in [-0.39, 0.29) is 27.0 Å². The van der Waals surface area contributed by atoms with E-state index in [4.69, 9.17) is 21.1 Å². The second kappa shape index (κ2) is 12.0. The van der Waals surface area contributed by atoms with Crippen LogP contribution in [0.3, 0.4) is 0 Å². The summed E-state index contributed by atoms with van der Waals surface area (Å²) in [6, 6.07) is 15.7. The maximum Gasteiger partial charge on any atom is 0.273 e. The Morgan fingerprint density at radius 3 is 2.27 bits per heavy atom. The van der Waals surface area contributed by atoms with Gasteiger partial charge in [-0.2, -0.15) is 0 Å². The normalized spacial score (nSPS) is 13.6. The molecule has 0 radical (unpaired) electrons. The van der Waals surface area contributed by atoms with E-state index >= 15 is 0 Å². The molecule has 11 nitrogen and oxygen atoms in total. The average molecular weight is 589 g/mol. The predicted octanol–water partition coefficient (Wildman–Crippen LogP) is 4.12. The second-order valence-corrected chi connectivity index (χ2v) is 11.4. The van der Waals surface area contributed by atoms with Crippen molar-refractivity contribution >= 4 is 44.6 Å². The number of benzene rings is 3. The number of carbonyl (C=O) groups excluding carboxylic acids is 1. The Bertz CT molecular complexity index is 1510. The average Bonchev–Trinajstić information content (AvgIpc) is 2.95. The van der Waals surface area contributed by atoms with Crippen molar-refractivity contribution in [3.63, 3.8) is 0 Å². The van der Waals surface area contributed by atoms with Gasteiger partial charge in [0.15, 0.2) is 0 Å². The number of sulfonamides is 1. The number of ether oxygens (including phenoxy) is 2. The van der Waals surface area contributed by atoms with Gasteiger partial charge in [0.1, 0.15) is 18.0 Å². The van der Waals surface area contributed by atoms with Gasteiger partial charge >= 0.3 is 0 Å². The van der Waals surface area contributed by atoms with E-state index in [2.05, 4.69) is 4.90 Å². The summed E-state index contributed by atoms with van der Waals surface area (Å²) < 4.78 is 39.3. The van der Waals surface area contributed by atoms with Crippen molar-refractivity contribution in [1.82, 2.24) is 4.90 Å². The van der Waals surface area contributed by atoms with E-state index in [1.165, 1.54) is 44.4 Å². The summed E-state index contributed by atoms with van der Waals surface area (Å²) in [7, 11) is -1.48. The van der Waals surface area contributed by atoms with Crippen molar-refractivity contribution < 1.29 is 27.6 Å². The van der Waals surface area contributed by atoms with E-state index in [0.717, 1.165) is 21.8 Å². The smallest absolute Gasteiger partial charge is 0.273 e. The van der Waals surface area contributed by atoms with Crippen molar-refractivity contribution in [2.24, 2.45) is 0 Å². The van der Waals surface area contributed by atoms with Gasteiger partial charge in [0.05, 0.1) is 29.7 Å². The summed E-state index contributed by atoms with van der Waals surface area (Å²) in [6.07, 6.45) is 0. The zero-order valence-corrected chi connectivity index (χ0v) is 23.8. The van der Waals surface area contributed by atoms with Gasteiger partial charge in [0.25, 0.3) is 15.7 Å². The number of halogens is 1. The summed E-state index contributed by atoms with van der Waals surface area (Å²) in [5.74, 6) is 0.488. The van der Waals surface area contributed by atoms with Crippen LogP contribution in [0.5, 0.6) is 11.5 Å². The molecule has 0 aliphatic carbocycles. The van der Waals surface area contributed by atoms with Crippen LogP contribution in [0.2, 0.25) is 5.02 Å². The van der Waals surface area contributed by atoms with Crippen LogP contribution in [0.15, 0.2) is 65.6 Å². The second-order valence-electron chi connectivity index (χ2n) is 9.10. The lowest BCUT2D eigenvalue weighted by molar-refractivity contribution is -0.385. The molecule has 1 fully saturated rings. The molecule has 0 N–H and O–H groups in total. The first kappa shape index (κ1) is 29.0. The van der Waals surface area contributed by atoms with Crippen LogP contribution >= 0.6 is 11.6 Å². The molecular formula is C27H29ClN4O7S. The number of hydrogen-bond donors (Lipinski definition) is 0. The zero-order chi connectivity index (χ0) is 29.0. The van der Waals surface area contributed by atoms with Gasteiger partial charge in [-0.05, 0) is 55.5 Å². The third kappa shape index (κ3) is 6.07. The molecule has 40 heavy (non-hydrogen) atoms. The topological polar surface area (TPSA) is 123 Å². The number of anilines is 2. The Morgan fingerprint density at radius 2 is 1.68 bits per heavy atom. The fourth-order valence-corrected chi connectivity index (χ4v) is 6.06. The highest BCUT2D eigenvalue weighted by Gasteiger charge is 2.33. The number of hydrogen-bond acceptors (Lipinski definition) is 8. The third-order valence-corrected chi connectivity index (χ3v) is 8.71.